The molecule has 1 aromatic heterocycles. The van der Waals surface area contributed by atoms with Crippen molar-refractivity contribution in [2.75, 3.05) is 0 Å². The second kappa shape index (κ2) is 10.6. The lowest BCUT2D eigenvalue weighted by atomic mass is 9.78. The number of Topliss-reactive ketones (excluding diaryl/α,β-unsaturated/α-hetero) is 1. The zero-order valence-corrected chi connectivity index (χ0v) is 23.2. The van der Waals surface area contributed by atoms with Crippen LogP contribution in [-0.4, -0.2) is 30.7 Å². The van der Waals surface area contributed by atoms with E-state index >= 15 is 0 Å². The number of carbonyl (C=O) groups excluding carboxylic acids is 1. The van der Waals surface area contributed by atoms with Crippen LogP contribution >= 0.6 is 17.0 Å². The van der Waals surface area contributed by atoms with Crippen molar-refractivity contribution in [1.29, 1.82) is 5.41 Å². The van der Waals surface area contributed by atoms with E-state index in [0.717, 1.165) is 11.1 Å². The van der Waals surface area contributed by atoms with Crippen LogP contribution in [0.3, 0.4) is 0 Å². The highest BCUT2D eigenvalue weighted by atomic mass is 79.9. The van der Waals surface area contributed by atoms with Gasteiger partial charge in [0.2, 0.25) is 5.62 Å². The number of carbonyl (C=O) groups is 1. The maximum absolute atomic E-state index is 13.2. The number of benzene rings is 1. The smallest absolute Gasteiger partial charge is 0.202 e. The molecule has 0 aliphatic rings. The maximum Gasteiger partial charge on any atom is 0.202 e. The fourth-order valence-electron chi connectivity index (χ4n) is 3.89. The molecule has 1 aromatic carbocycles. The number of imidazole rings is 1. The molecule has 0 atom stereocenters. The van der Waals surface area contributed by atoms with Crippen molar-refractivity contribution in [3.63, 3.8) is 0 Å². The molecule has 186 valence electrons. The Morgan fingerprint density at radius 1 is 0.939 bits per heavy atom. The van der Waals surface area contributed by atoms with Crippen molar-refractivity contribution in [1.82, 2.24) is 9.13 Å². The SMILES string of the molecule is Br.CCC(O)(CC)CCn1ccn(CC(=O)c2cc(C(C)(C)C)c(O)c(C(C)(C)C)c2)c1=N. The summed E-state index contributed by atoms with van der Waals surface area (Å²) in [6.45, 7) is 16.6. The minimum atomic E-state index is -0.726. The van der Waals surface area contributed by atoms with E-state index in [1.165, 1.54) is 0 Å². The maximum atomic E-state index is 13.2. The Bertz CT molecular complexity index is 984. The number of aromatic hydroxyl groups is 1. The molecule has 0 radical (unpaired) electrons. The number of hydrogen-bond donors (Lipinski definition) is 3. The van der Waals surface area contributed by atoms with Crippen molar-refractivity contribution in [2.24, 2.45) is 0 Å². The number of hydrogen-bond acceptors (Lipinski definition) is 4. The molecule has 2 rings (SSSR count). The van der Waals surface area contributed by atoms with E-state index < -0.39 is 5.60 Å². The second-order valence-electron chi connectivity index (χ2n) is 11.0. The Balaban J connectivity index is 0.00000544. The van der Waals surface area contributed by atoms with Crippen LogP contribution in [0.2, 0.25) is 0 Å². The topological polar surface area (TPSA) is 91.2 Å². The molecule has 0 bridgehead atoms. The largest absolute Gasteiger partial charge is 0.507 e. The first kappa shape index (κ1) is 29.2. The highest BCUT2D eigenvalue weighted by Crippen LogP contribution is 2.39. The Morgan fingerprint density at radius 3 is 1.82 bits per heavy atom. The number of phenolic OH excluding ortho intramolecular Hbond substituents is 1. The Kier molecular flexibility index (Phi) is 9.37. The highest BCUT2D eigenvalue weighted by Gasteiger charge is 2.28. The van der Waals surface area contributed by atoms with E-state index in [1.54, 1.807) is 33.7 Å². The van der Waals surface area contributed by atoms with Gasteiger partial charge in [-0.05, 0) is 42.2 Å². The predicted molar refractivity (Wildman–Crippen MR) is 139 cm³/mol. The van der Waals surface area contributed by atoms with E-state index in [1.807, 2.05) is 55.4 Å². The number of aryl methyl sites for hydroxylation is 1. The number of phenols is 1. The van der Waals surface area contributed by atoms with Gasteiger partial charge in [0.25, 0.3) is 0 Å². The lowest BCUT2D eigenvalue weighted by molar-refractivity contribution is 0.0192. The minimum absolute atomic E-state index is 0. The summed E-state index contributed by atoms with van der Waals surface area (Å²) in [6, 6.07) is 3.58. The summed E-state index contributed by atoms with van der Waals surface area (Å²) < 4.78 is 3.39. The lowest BCUT2D eigenvalue weighted by Crippen LogP contribution is -2.32. The molecular weight excluding hydrogens is 482 g/mol. The zero-order chi connectivity index (χ0) is 24.5. The first-order chi connectivity index (χ1) is 14.6. The molecule has 2 aromatic rings. The molecule has 0 saturated heterocycles. The van der Waals surface area contributed by atoms with Crippen LogP contribution in [0.1, 0.15) is 96.1 Å². The van der Waals surface area contributed by atoms with E-state index in [-0.39, 0.29) is 51.5 Å². The van der Waals surface area contributed by atoms with Gasteiger partial charge in [-0.25, -0.2) is 0 Å². The van der Waals surface area contributed by atoms with Gasteiger partial charge in [0.1, 0.15) is 5.75 Å². The number of nitrogens with one attached hydrogen (secondary N) is 1. The normalized spacial score (nSPS) is 12.5. The molecule has 0 spiro atoms. The Morgan fingerprint density at radius 2 is 1.39 bits per heavy atom. The van der Waals surface area contributed by atoms with Crippen molar-refractivity contribution in [3.8, 4) is 5.75 Å². The fourth-order valence-corrected chi connectivity index (χ4v) is 3.89. The first-order valence-electron chi connectivity index (χ1n) is 11.6. The third-order valence-electron chi connectivity index (χ3n) is 6.47. The molecule has 0 aliphatic heterocycles. The monoisotopic (exact) mass is 523 g/mol. The molecule has 0 aliphatic carbocycles. The second-order valence-corrected chi connectivity index (χ2v) is 11.0. The predicted octanol–water partition coefficient (Wildman–Crippen LogP) is 5.47. The molecular formula is C26H42BrN3O3. The van der Waals surface area contributed by atoms with Gasteiger partial charge >= 0.3 is 0 Å². The molecule has 0 unspecified atom stereocenters. The summed E-state index contributed by atoms with van der Waals surface area (Å²) in [5.41, 5.74) is 0.929. The van der Waals surface area contributed by atoms with Crippen LogP contribution in [-0.2, 0) is 23.9 Å². The molecule has 0 amide bonds. The third-order valence-corrected chi connectivity index (χ3v) is 6.47. The first-order valence-corrected chi connectivity index (χ1v) is 11.6. The number of nitrogens with zero attached hydrogens (tertiary/aromatic N) is 2. The number of aliphatic hydroxyl groups is 1. The van der Waals surface area contributed by atoms with Gasteiger partial charge in [-0.15, -0.1) is 17.0 Å². The van der Waals surface area contributed by atoms with E-state index in [2.05, 4.69) is 0 Å². The van der Waals surface area contributed by atoms with Crippen molar-refractivity contribution >= 4 is 22.8 Å². The zero-order valence-electron chi connectivity index (χ0n) is 21.5. The molecule has 33 heavy (non-hydrogen) atoms. The molecule has 3 N–H and O–H groups in total. The number of halogens is 1. The van der Waals surface area contributed by atoms with Crippen molar-refractivity contribution in [3.05, 3.63) is 46.8 Å². The number of rotatable bonds is 8. The van der Waals surface area contributed by atoms with Crippen LogP contribution in [0.25, 0.3) is 0 Å². The minimum Gasteiger partial charge on any atom is -0.507 e. The van der Waals surface area contributed by atoms with Gasteiger partial charge < -0.3 is 19.3 Å². The van der Waals surface area contributed by atoms with Crippen molar-refractivity contribution < 1.29 is 15.0 Å². The number of ketones is 1. The van der Waals surface area contributed by atoms with Gasteiger partial charge in [0.05, 0.1) is 12.1 Å². The lowest BCUT2D eigenvalue weighted by Gasteiger charge is -2.28. The van der Waals surface area contributed by atoms with E-state index in [4.69, 9.17) is 5.41 Å². The highest BCUT2D eigenvalue weighted by molar-refractivity contribution is 8.93. The van der Waals surface area contributed by atoms with Crippen molar-refractivity contribution in [2.45, 2.75) is 104 Å². The van der Waals surface area contributed by atoms with Crippen LogP contribution in [0.15, 0.2) is 24.5 Å². The van der Waals surface area contributed by atoms with Gasteiger partial charge in [-0.1, -0.05) is 55.4 Å². The fraction of sp³-hybridized carbons (Fsp3) is 0.615. The van der Waals surface area contributed by atoms with Crippen LogP contribution < -0.4 is 5.62 Å². The van der Waals surface area contributed by atoms with Crippen LogP contribution in [0.4, 0.5) is 0 Å². The van der Waals surface area contributed by atoms with E-state index in [9.17, 15) is 15.0 Å². The average molecular weight is 525 g/mol. The van der Waals surface area contributed by atoms with Gasteiger partial charge in [0.15, 0.2) is 5.78 Å². The third kappa shape index (κ3) is 6.82. The Labute approximate surface area is 208 Å². The van der Waals surface area contributed by atoms with Gasteiger partial charge in [0, 0.05) is 35.6 Å². The summed E-state index contributed by atoms with van der Waals surface area (Å²) in [7, 11) is 0. The molecule has 0 saturated carbocycles. The van der Waals surface area contributed by atoms with Gasteiger partial charge in [-0.2, -0.15) is 0 Å². The molecule has 0 fully saturated rings. The standard InChI is InChI=1S/C26H41N3O3.BrH/c1-9-26(32,10-2)11-12-28-13-14-29(23(28)27)17-21(30)18-15-19(24(3,4)5)22(31)20(16-18)25(6,7)8;/h13-16,27,31-32H,9-12,17H2,1-8H3;1H. The Hall–Kier alpha value is -1.86. The molecule has 7 heteroatoms. The van der Waals surface area contributed by atoms with Crippen LogP contribution in [0.5, 0.6) is 5.75 Å². The molecule has 1 heterocycles. The van der Waals surface area contributed by atoms with E-state index in [0.29, 0.717) is 31.4 Å². The average Bonchev–Trinajstić information content (AvgIpc) is 3.04. The summed E-state index contributed by atoms with van der Waals surface area (Å²) in [4.78, 5) is 13.2. The quantitative estimate of drug-likeness (QED) is 0.400. The van der Waals surface area contributed by atoms with Crippen LogP contribution in [0, 0.1) is 5.41 Å². The number of aromatic nitrogens is 2. The summed E-state index contributed by atoms with van der Waals surface area (Å²) >= 11 is 0. The summed E-state index contributed by atoms with van der Waals surface area (Å²) in [5.74, 6) is 0.150. The summed E-state index contributed by atoms with van der Waals surface area (Å²) in [6.07, 6.45) is 5.44. The molecule has 6 nitrogen and oxygen atoms in total. The van der Waals surface area contributed by atoms with Gasteiger partial charge in [-0.3, -0.25) is 10.2 Å². The summed E-state index contributed by atoms with van der Waals surface area (Å²) in [5, 5.41) is 29.9.